The molecule has 0 saturated carbocycles. The Labute approximate surface area is 97.2 Å². The lowest BCUT2D eigenvalue weighted by Gasteiger charge is -1.98. The number of benzene rings is 1. The van der Waals surface area contributed by atoms with Crippen LogP contribution in [0.2, 0.25) is 0 Å². The Morgan fingerprint density at radius 3 is 1.73 bits per heavy atom. The van der Waals surface area contributed by atoms with Crippen LogP contribution in [0, 0.1) is 0 Å². The zero-order valence-electron chi connectivity index (χ0n) is 10.0. The third-order valence-corrected chi connectivity index (χ3v) is 1.54. The van der Waals surface area contributed by atoms with Gasteiger partial charge in [-0.25, -0.2) is 0 Å². The molecule has 0 aliphatic rings. The molecule has 86 valence electrons. The molecule has 0 unspecified atom stereocenters. The molecule has 3 heteroatoms. The minimum Gasteiger partial charge on any atom is -0.497 e. The van der Waals surface area contributed by atoms with Crippen molar-refractivity contribution >= 4 is 16.8 Å². The van der Waals surface area contributed by atoms with Crippen LogP contribution in [0.3, 0.4) is 0 Å². The molecular formula is C12H19ClO2. The minimum absolute atomic E-state index is 0.451. The summed E-state index contributed by atoms with van der Waals surface area (Å²) in [4.78, 5) is 10.6. The number of rotatable bonds is 2. The highest BCUT2D eigenvalue weighted by molar-refractivity contribution is 6.67. The highest BCUT2D eigenvalue weighted by atomic mass is 35.5. The summed E-state index contributed by atoms with van der Waals surface area (Å²) in [6, 6.07) is 6.62. The molecule has 0 amide bonds. The summed E-state index contributed by atoms with van der Waals surface area (Å²) < 4.78 is 4.89. The summed E-state index contributed by atoms with van der Waals surface area (Å²) in [7, 11) is 1.57. The van der Waals surface area contributed by atoms with Gasteiger partial charge in [-0.1, -0.05) is 27.7 Å². The summed E-state index contributed by atoms with van der Waals surface area (Å²) in [5, 5.41) is -0.451. The predicted molar refractivity (Wildman–Crippen MR) is 65.9 cm³/mol. The maximum Gasteiger partial charge on any atom is 0.252 e. The average Bonchev–Trinajstić information content (AvgIpc) is 2.34. The Morgan fingerprint density at radius 2 is 1.47 bits per heavy atom. The Kier molecular flexibility index (Phi) is 12.1. The van der Waals surface area contributed by atoms with Gasteiger partial charge in [-0.15, -0.1) is 0 Å². The van der Waals surface area contributed by atoms with Crippen molar-refractivity contribution in [2.24, 2.45) is 0 Å². The van der Waals surface area contributed by atoms with E-state index >= 15 is 0 Å². The van der Waals surface area contributed by atoms with E-state index in [2.05, 4.69) is 0 Å². The van der Waals surface area contributed by atoms with Crippen molar-refractivity contribution in [3.05, 3.63) is 29.8 Å². The van der Waals surface area contributed by atoms with E-state index in [-0.39, 0.29) is 0 Å². The number of ether oxygens (including phenoxy) is 1. The normalized spacial score (nSPS) is 7.60. The van der Waals surface area contributed by atoms with Crippen LogP contribution in [0.5, 0.6) is 5.75 Å². The number of halogens is 1. The van der Waals surface area contributed by atoms with Gasteiger partial charge in [0.2, 0.25) is 0 Å². The van der Waals surface area contributed by atoms with Crippen molar-refractivity contribution in [1.29, 1.82) is 0 Å². The molecule has 0 aromatic heterocycles. The van der Waals surface area contributed by atoms with Crippen LogP contribution in [0.25, 0.3) is 0 Å². The van der Waals surface area contributed by atoms with Crippen molar-refractivity contribution in [1.82, 2.24) is 0 Å². The third kappa shape index (κ3) is 6.97. The summed E-state index contributed by atoms with van der Waals surface area (Å²) in [6.45, 7) is 8.00. The SMILES string of the molecule is CC.CC.COc1ccc(C(=O)Cl)cc1. The van der Waals surface area contributed by atoms with Crippen LogP contribution in [-0.4, -0.2) is 12.4 Å². The van der Waals surface area contributed by atoms with Crippen LogP contribution in [0.15, 0.2) is 24.3 Å². The van der Waals surface area contributed by atoms with Gasteiger partial charge in [0.15, 0.2) is 0 Å². The smallest absolute Gasteiger partial charge is 0.252 e. The van der Waals surface area contributed by atoms with Crippen molar-refractivity contribution < 1.29 is 9.53 Å². The predicted octanol–water partition coefficient (Wildman–Crippen LogP) is 4.13. The van der Waals surface area contributed by atoms with E-state index in [1.54, 1.807) is 31.4 Å². The molecule has 0 atom stereocenters. The monoisotopic (exact) mass is 230 g/mol. The van der Waals surface area contributed by atoms with Gasteiger partial charge in [0.25, 0.3) is 5.24 Å². The average molecular weight is 231 g/mol. The first-order valence-electron chi connectivity index (χ1n) is 5.08. The quantitative estimate of drug-likeness (QED) is 0.715. The lowest BCUT2D eigenvalue weighted by molar-refractivity contribution is 0.108. The molecule has 0 N–H and O–H groups in total. The molecule has 0 fully saturated rings. The fourth-order valence-electron chi connectivity index (χ4n) is 0.722. The Hall–Kier alpha value is -1.02. The second-order valence-electron chi connectivity index (χ2n) is 2.00. The standard InChI is InChI=1S/C8H7ClO2.2C2H6/c1-11-7-4-2-6(3-5-7)8(9)10;2*1-2/h2-5H,1H3;2*1-2H3. The van der Waals surface area contributed by atoms with Crippen LogP contribution < -0.4 is 4.74 Å². The van der Waals surface area contributed by atoms with E-state index in [9.17, 15) is 4.79 Å². The number of methoxy groups -OCH3 is 1. The van der Waals surface area contributed by atoms with E-state index in [0.29, 0.717) is 11.3 Å². The zero-order chi connectivity index (χ0) is 12.3. The van der Waals surface area contributed by atoms with Crippen LogP contribution in [0.4, 0.5) is 0 Å². The van der Waals surface area contributed by atoms with Crippen molar-refractivity contribution in [2.75, 3.05) is 7.11 Å². The minimum atomic E-state index is -0.451. The molecule has 0 heterocycles. The van der Waals surface area contributed by atoms with Gasteiger partial charge < -0.3 is 4.74 Å². The maximum atomic E-state index is 10.6. The second kappa shape index (κ2) is 11.1. The molecular weight excluding hydrogens is 212 g/mol. The van der Waals surface area contributed by atoms with E-state index in [0.717, 1.165) is 0 Å². The van der Waals surface area contributed by atoms with Gasteiger partial charge in [-0.2, -0.15) is 0 Å². The topological polar surface area (TPSA) is 26.3 Å². The van der Waals surface area contributed by atoms with Crippen LogP contribution in [0.1, 0.15) is 38.1 Å². The summed E-state index contributed by atoms with van der Waals surface area (Å²) in [5.41, 5.74) is 0.479. The highest BCUT2D eigenvalue weighted by Crippen LogP contribution is 2.12. The Balaban J connectivity index is 0. The molecule has 1 rings (SSSR count). The van der Waals surface area contributed by atoms with Crippen molar-refractivity contribution in [2.45, 2.75) is 27.7 Å². The summed E-state index contributed by atoms with van der Waals surface area (Å²) >= 11 is 5.22. The van der Waals surface area contributed by atoms with E-state index in [4.69, 9.17) is 16.3 Å². The number of carbonyl (C=O) groups excluding carboxylic acids is 1. The van der Waals surface area contributed by atoms with Gasteiger partial charge in [-0.3, -0.25) is 4.79 Å². The zero-order valence-corrected chi connectivity index (χ0v) is 10.8. The molecule has 2 nitrogen and oxygen atoms in total. The maximum absolute atomic E-state index is 10.6. The molecule has 0 aliphatic heterocycles. The Morgan fingerprint density at radius 1 is 1.07 bits per heavy atom. The Bertz CT molecular complexity index is 255. The molecule has 1 aromatic carbocycles. The largest absolute Gasteiger partial charge is 0.497 e. The van der Waals surface area contributed by atoms with E-state index in [1.165, 1.54) is 0 Å². The van der Waals surface area contributed by atoms with Crippen LogP contribution >= 0.6 is 11.6 Å². The molecule has 0 saturated heterocycles. The van der Waals surface area contributed by atoms with Crippen LogP contribution in [-0.2, 0) is 0 Å². The van der Waals surface area contributed by atoms with Crippen molar-refractivity contribution in [3.8, 4) is 5.75 Å². The number of hydrogen-bond acceptors (Lipinski definition) is 2. The highest BCUT2D eigenvalue weighted by Gasteiger charge is 1.99. The van der Waals surface area contributed by atoms with Gasteiger partial charge in [0.1, 0.15) is 5.75 Å². The van der Waals surface area contributed by atoms with E-state index in [1.807, 2.05) is 27.7 Å². The fourth-order valence-corrected chi connectivity index (χ4v) is 0.848. The first-order valence-corrected chi connectivity index (χ1v) is 5.45. The summed E-state index contributed by atoms with van der Waals surface area (Å²) in [5.74, 6) is 0.715. The first-order chi connectivity index (χ1) is 7.24. The molecule has 0 spiro atoms. The molecule has 0 radical (unpaired) electrons. The molecule has 1 aromatic rings. The fraction of sp³-hybridized carbons (Fsp3) is 0.417. The molecule has 0 aliphatic carbocycles. The van der Waals surface area contributed by atoms with Gasteiger partial charge in [0, 0.05) is 5.56 Å². The number of hydrogen-bond donors (Lipinski definition) is 0. The summed E-state index contributed by atoms with van der Waals surface area (Å²) in [6.07, 6.45) is 0. The van der Waals surface area contributed by atoms with Gasteiger partial charge >= 0.3 is 0 Å². The third-order valence-electron chi connectivity index (χ3n) is 1.32. The molecule has 15 heavy (non-hydrogen) atoms. The van der Waals surface area contributed by atoms with Crippen molar-refractivity contribution in [3.63, 3.8) is 0 Å². The lowest BCUT2D eigenvalue weighted by Crippen LogP contribution is -1.88. The van der Waals surface area contributed by atoms with Gasteiger partial charge in [0.05, 0.1) is 7.11 Å². The second-order valence-corrected chi connectivity index (χ2v) is 2.35. The number of carbonyl (C=O) groups is 1. The van der Waals surface area contributed by atoms with E-state index < -0.39 is 5.24 Å². The van der Waals surface area contributed by atoms with Gasteiger partial charge in [-0.05, 0) is 35.9 Å². The lowest BCUT2D eigenvalue weighted by atomic mass is 10.2. The first kappa shape index (κ1) is 16.4. The molecule has 0 bridgehead atoms.